The fourth-order valence-corrected chi connectivity index (χ4v) is 5.66. The third-order valence-electron chi connectivity index (χ3n) is 7.90. The van der Waals surface area contributed by atoms with Crippen molar-refractivity contribution in [2.24, 2.45) is 10.1 Å². The van der Waals surface area contributed by atoms with Gasteiger partial charge in [-0.1, -0.05) is 62.6 Å². The Labute approximate surface area is 250 Å². The van der Waals surface area contributed by atoms with Gasteiger partial charge in [0.25, 0.3) is 24.2 Å². The molecular weight excluding hydrogens is 528 g/mol. The third-order valence-corrected chi connectivity index (χ3v) is 7.90. The van der Waals surface area contributed by atoms with E-state index in [9.17, 15) is 4.79 Å². The summed E-state index contributed by atoms with van der Waals surface area (Å²) < 4.78 is 22.9. The van der Waals surface area contributed by atoms with Crippen LogP contribution in [0.15, 0.2) is 119 Å². The largest absolute Gasteiger partial charge is 0.437 e. The first-order valence-electron chi connectivity index (χ1n) is 13.9. The van der Waals surface area contributed by atoms with Gasteiger partial charge in [0.2, 0.25) is 5.69 Å². The van der Waals surface area contributed by atoms with Gasteiger partial charge in [-0.15, -0.1) is 12.1 Å². The van der Waals surface area contributed by atoms with E-state index in [1.807, 2.05) is 16.8 Å². The molecule has 0 N–H and O–H groups in total. The number of azo groups is 2. The minimum atomic E-state index is -1.66. The number of benzene rings is 1. The van der Waals surface area contributed by atoms with Crippen LogP contribution in [0.3, 0.4) is 0 Å². The summed E-state index contributed by atoms with van der Waals surface area (Å²) in [5.41, 5.74) is 4.47. The predicted octanol–water partition coefficient (Wildman–Crippen LogP) is 6.18. The van der Waals surface area contributed by atoms with Gasteiger partial charge in [-0.3, -0.25) is 9.79 Å². The summed E-state index contributed by atoms with van der Waals surface area (Å²) in [5, 5.41) is 4.75. The second kappa shape index (κ2) is 11.9. The summed E-state index contributed by atoms with van der Waals surface area (Å²) in [6.45, 7) is 20.3. The number of aliphatic imine (C=N–C) groups is 1. The van der Waals surface area contributed by atoms with E-state index in [0.717, 1.165) is 11.7 Å². The molecule has 42 heavy (non-hydrogen) atoms. The molecule has 1 amide bonds. The highest BCUT2D eigenvalue weighted by atomic mass is 19.1. The molecule has 7 nitrogen and oxygen atoms in total. The van der Waals surface area contributed by atoms with Gasteiger partial charge in [0, 0.05) is 50.1 Å². The van der Waals surface area contributed by atoms with Crippen molar-refractivity contribution in [1.82, 2.24) is 9.80 Å². The van der Waals surface area contributed by atoms with Crippen LogP contribution >= 0.6 is 0 Å². The van der Waals surface area contributed by atoms with E-state index < -0.39 is 12.4 Å². The Hall–Kier alpha value is -4.27. The highest BCUT2D eigenvalue weighted by Crippen LogP contribution is 2.44. The van der Waals surface area contributed by atoms with Gasteiger partial charge in [0.05, 0.1) is 29.8 Å². The monoisotopic (exact) mass is 564 g/mol. The van der Waals surface area contributed by atoms with E-state index in [4.69, 9.17) is 17.7 Å². The highest BCUT2D eigenvalue weighted by molar-refractivity contribution is 6.37. The second-order valence-corrected chi connectivity index (χ2v) is 10.7. The zero-order valence-corrected chi connectivity index (χ0v) is 24.1. The molecule has 0 bridgehead atoms. The van der Waals surface area contributed by atoms with Crippen molar-refractivity contribution in [1.29, 1.82) is 0 Å². The zero-order chi connectivity index (χ0) is 30.1. The van der Waals surface area contributed by atoms with Crippen LogP contribution in [0.1, 0.15) is 33.2 Å². The standard InChI is InChI=1S/C33H34BFN5O2.H2/c1-7-21(6)38-18-28-30-27(16-17-39(28)33(41)25-14-15-26(34)24(8-2)31(25)36-9-3)40(37-32(30)42-29(35)19-38)23-12-10-22(11-13-23)20(4)5;/h7-15,20,28-29H,1-3,6,16-19H2,4-5H3;1H/q+1;. The molecule has 1 aromatic carbocycles. The summed E-state index contributed by atoms with van der Waals surface area (Å²) in [4.78, 5) is 22.2. The molecule has 4 aliphatic rings. The van der Waals surface area contributed by atoms with E-state index >= 15 is 4.39 Å². The lowest BCUT2D eigenvalue weighted by Crippen LogP contribution is -2.55. The molecule has 9 heteroatoms. The molecule has 1 fully saturated rings. The summed E-state index contributed by atoms with van der Waals surface area (Å²) in [5.74, 6) is 0.860. The van der Waals surface area contributed by atoms with Gasteiger partial charge >= 0.3 is 0 Å². The molecule has 5 rings (SSSR count). The fourth-order valence-electron chi connectivity index (χ4n) is 5.66. The number of likely N-dealkylation sites (tertiary alicyclic amines) is 1. The Morgan fingerprint density at radius 3 is 2.62 bits per heavy atom. The maximum atomic E-state index is 15.3. The van der Waals surface area contributed by atoms with Crippen LogP contribution in [0.2, 0.25) is 0 Å². The van der Waals surface area contributed by atoms with Crippen LogP contribution in [0, 0.1) is 12.0 Å². The summed E-state index contributed by atoms with van der Waals surface area (Å²) in [6, 6.07) is 8.50. The molecule has 4 radical (unpaired) electrons. The number of piperidine rings is 1. The van der Waals surface area contributed by atoms with Crippen molar-refractivity contribution in [2.75, 3.05) is 19.6 Å². The first-order valence-corrected chi connectivity index (χ1v) is 13.9. The lowest BCUT2D eigenvalue weighted by atomic mass is 9.75. The molecule has 2 atom stereocenters. The Morgan fingerprint density at radius 2 is 1.98 bits per heavy atom. The number of hydrogen-bond acceptors (Lipinski definition) is 5. The number of alkyl halides is 1. The average molecular weight is 564 g/mol. The van der Waals surface area contributed by atoms with Crippen LogP contribution in [0.5, 0.6) is 0 Å². The Balaban J connectivity index is 0.00000423. The fraction of sp³-hybridized carbons (Fsp3) is 0.273. The number of amides is 1. The van der Waals surface area contributed by atoms with Gasteiger partial charge in [-0.2, -0.15) is 4.39 Å². The second-order valence-electron chi connectivity index (χ2n) is 10.7. The number of halogens is 1. The SMILES string of the molecule is [B]C1=CC=C(C(=O)N2CC[C]3C4=C(N=[N+]3c3ccc(C(C)C)cc3)OC(F)CN(C(=C)C=C)CC42)C(=NC=C)[C]1C=C.[HH]. The van der Waals surface area contributed by atoms with Crippen LogP contribution in [0.25, 0.3) is 0 Å². The van der Waals surface area contributed by atoms with Gasteiger partial charge in [0.1, 0.15) is 13.4 Å². The van der Waals surface area contributed by atoms with Crippen molar-refractivity contribution in [3.05, 3.63) is 127 Å². The molecule has 0 spiro atoms. The molecule has 2 unspecified atom stereocenters. The van der Waals surface area contributed by atoms with Gasteiger partial charge in [0.15, 0.2) is 0 Å². The molecule has 1 aliphatic carbocycles. The smallest absolute Gasteiger partial charge is 0.295 e. The zero-order valence-electron chi connectivity index (χ0n) is 24.1. The van der Waals surface area contributed by atoms with Crippen LogP contribution in [-0.2, 0) is 9.53 Å². The van der Waals surface area contributed by atoms with E-state index in [1.54, 1.807) is 34.1 Å². The number of hydrogen-bond donors (Lipinski definition) is 0. The molecule has 1 saturated heterocycles. The molecule has 0 saturated carbocycles. The number of rotatable bonds is 7. The first-order chi connectivity index (χ1) is 20.2. The Morgan fingerprint density at radius 1 is 1.24 bits per heavy atom. The van der Waals surface area contributed by atoms with Crippen LogP contribution < -0.4 is 0 Å². The van der Waals surface area contributed by atoms with Gasteiger partial charge < -0.3 is 14.5 Å². The average Bonchev–Trinajstić information content (AvgIpc) is 3.33. The normalized spacial score (nSPS) is 23.8. The Kier molecular flexibility index (Phi) is 8.30. The van der Waals surface area contributed by atoms with Crippen molar-refractivity contribution in [3.63, 3.8) is 0 Å². The lowest BCUT2D eigenvalue weighted by molar-refractivity contribution is -0.488. The number of ether oxygens (including phenoxy) is 1. The van der Waals surface area contributed by atoms with Crippen LogP contribution in [-0.4, -0.2) is 66.0 Å². The molecular formula is C33H36BFN5O2+. The Bertz CT molecular complexity index is 1490. The van der Waals surface area contributed by atoms with Crippen molar-refractivity contribution < 1.29 is 20.0 Å². The van der Waals surface area contributed by atoms with Crippen LogP contribution in [0.4, 0.5) is 10.1 Å². The number of allylic oxidation sites excluding steroid dienone is 5. The number of carbonyl (C=O) groups excluding carboxylic acids is 1. The van der Waals surface area contributed by atoms with Gasteiger partial charge in [-0.25, -0.2) is 0 Å². The summed E-state index contributed by atoms with van der Waals surface area (Å²) >= 11 is 0. The first kappa shape index (κ1) is 29.2. The van der Waals surface area contributed by atoms with Crippen molar-refractivity contribution >= 4 is 25.2 Å². The topological polar surface area (TPSA) is 60.5 Å². The lowest BCUT2D eigenvalue weighted by Gasteiger charge is -2.42. The molecule has 1 aromatic rings. The summed E-state index contributed by atoms with van der Waals surface area (Å²) in [7, 11) is 6.18. The predicted molar refractivity (Wildman–Crippen MR) is 165 cm³/mol. The van der Waals surface area contributed by atoms with E-state index in [2.05, 4.69) is 57.3 Å². The molecule has 3 heterocycles. The minimum absolute atomic E-state index is 0. The minimum Gasteiger partial charge on any atom is -0.437 e. The maximum absolute atomic E-state index is 15.3. The number of nitrogens with zero attached hydrogens (tertiary/aromatic N) is 5. The quantitative estimate of drug-likeness (QED) is 0.226. The van der Waals surface area contributed by atoms with E-state index in [0.29, 0.717) is 52.8 Å². The maximum Gasteiger partial charge on any atom is 0.295 e. The molecule has 0 aromatic heterocycles. The molecule has 214 valence electrons. The summed E-state index contributed by atoms with van der Waals surface area (Å²) in [6.07, 6.45) is 6.69. The third kappa shape index (κ3) is 5.24. The van der Waals surface area contributed by atoms with E-state index in [-0.39, 0.29) is 26.3 Å². The van der Waals surface area contributed by atoms with E-state index in [1.165, 1.54) is 11.8 Å². The highest BCUT2D eigenvalue weighted by Gasteiger charge is 2.53. The molecule has 3 aliphatic heterocycles. The van der Waals surface area contributed by atoms with Crippen molar-refractivity contribution in [3.8, 4) is 0 Å². The van der Waals surface area contributed by atoms with Gasteiger partial charge in [-0.05, 0) is 23.6 Å². The van der Waals surface area contributed by atoms with Crippen molar-refractivity contribution in [2.45, 2.75) is 38.6 Å². The number of carbonyl (C=O) groups is 1.